The summed E-state index contributed by atoms with van der Waals surface area (Å²) in [6, 6.07) is 3.74. The molecule has 12 heavy (non-hydrogen) atoms. The molecule has 0 aliphatic rings. The molecule has 58 valence electrons. The molecule has 0 unspecified atom stereocenters. The Bertz CT molecular complexity index is 346. The second-order valence-corrected chi connectivity index (χ2v) is 1.88. The van der Waals surface area contributed by atoms with Crippen LogP contribution in [0.25, 0.3) is 0 Å². The molecular weight excluding hydrogens is 154 g/mol. The van der Waals surface area contributed by atoms with Crippen molar-refractivity contribution in [2.75, 3.05) is 11.9 Å². The third-order valence-corrected chi connectivity index (χ3v) is 1.14. The fourth-order valence-corrected chi connectivity index (χ4v) is 0.672. The first-order valence-electron chi connectivity index (χ1n) is 3.20. The Balaban J connectivity index is 2.86. The minimum atomic E-state index is 0.118. The number of rotatable bonds is 2. The fraction of sp³-hybridized carbons (Fsp3) is 0.143. The highest BCUT2D eigenvalue weighted by Crippen LogP contribution is 2.04. The normalized spacial score (nSPS) is 8.17. The largest absolute Gasteiger partial charge is 0.355 e. The van der Waals surface area contributed by atoms with Crippen molar-refractivity contribution in [2.24, 2.45) is 0 Å². The molecule has 5 nitrogen and oxygen atoms in total. The van der Waals surface area contributed by atoms with Crippen LogP contribution in [0.4, 0.5) is 5.82 Å². The van der Waals surface area contributed by atoms with E-state index in [4.69, 9.17) is 10.5 Å². The van der Waals surface area contributed by atoms with Crippen LogP contribution in [0.15, 0.2) is 12.4 Å². The van der Waals surface area contributed by atoms with Gasteiger partial charge in [0.15, 0.2) is 11.5 Å². The molecule has 0 atom stereocenters. The molecule has 0 saturated heterocycles. The standard InChI is InChI=1S/C7H5N5/c8-1-2-11-7-6(5-9)10-3-4-12-7/h3-4H,2H2,(H,11,12). The first kappa shape index (κ1) is 7.96. The maximum Gasteiger partial charge on any atom is 0.183 e. The zero-order valence-electron chi connectivity index (χ0n) is 6.15. The van der Waals surface area contributed by atoms with Crippen LogP contribution in [0.1, 0.15) is 5.69 Å². The summed E-state index contributed by atoms with van der Waals surface area (Å²) in [5.41, 5.74) is 0.202. The Hall–Kier alpha value is -2.14. The summed E-state index contributed by atoms with van der Waals surface area (Å²) in [5, 5.41) is 19.4. The average molecular weight is 159 g/mol. The van der Waals surface area contributed by atoms with Crippen LogP contribution in [0, 0.1) is 22.7 Å². The monoisotopic (exact) mass is 159 g/mol. The van der Waals surface area contributed by atoms with E-state index in [1.165, 1.54) is 12.4 Å². The molecule has 0 amide bonds. The van der Waals surface area contributed by atoms with Crippen molar-refractivity contribution in [3.8, 4) is 12.1 Å². The van der Waals surface area contributed by atoms with Crippen LogP contribution in [0.2, 0.25) is 0 Å². The maximum atomic E-state index is 8.54. The van der Waals surface area contributed by atoms with E-state index in [0.29, 0.717) is 5.82 Å². The van der Waals surface area contributed by atoms with E-state index in [-0.39, 0.29) is 12.2 Å². The highest BCUT2D eigenvalue weighted by Gasteiger charge is 2.00. The molecule has 1 aromatic heterocycles. The first-order chi connectivity index (χ1) is 5.88. The predicted molar refractivity (Wildman–Crippen MR) is 40.8 cm³/mol. The number of hydrogen-bond donors (Lipinski definition) is 1. The van der Waals surface area contributed by atoms with Gasteiger partial charge in [-0.2, -0.15) is 10.5 Å². The van der Waals surface area contributed by atoms with E-state index < -0.39 is 0 Å². The molecule has 1 rings (SSSR count). The van der Waals surface area contributed by atoms with E-state index in [0.717, 1.165) is 0 Å². The van der Waals surface area contributed by atoms with Gasteiger partial charge in [-0.25, -0.2) is 9.97 Å². The SMILES string of the molecule is N#CCNc1nccnc1C#N. The van der Waals surface area contributed by atoms with Crippen molar-refractivity contribution in [3.05, 3.63) is 18.1 Å². The topological polar surface area (TPSA) is 85.4 Å². The lowest BCUT2D eigenvalue weighted by Crippen LogP contribution is -2.03. The summed E-state index contributed by atoms with van der Waals surface area (Å²) < 4.78 is 0. The summed E-state index contributed by atoms with van der Waals surface area (Å²) in [7, 11) is 0. The lowest BCUT2D eigenvalue weighted by Gasteiger charge is -1.99. The van der Waals surface area contributed by atoms with Crippen molar-refractivity contribution in [1.82, 2.24) is 9.97 Å². The number of hydrogen-bond acceptors (Lipinski definition) is 5. The molecular formula is C7H5N5. The van der Waals surface area contributed by atoms with Crippen LogP contribution >= 0.6 is 0 Å². The molecule has 0 aliphatic carbocycles. The second-order valence-electron chi connectivity index (χ2n) is 1.88. The van der Waals surface area contributed by atoms with Gasteiger partial charge in [0, 0.05) is 12.4 Å². The van der Waals surface area contributed by atoms with Gasteiger partial charge in [0.1, 0.15) is 12.6 Å². The Morgan fingerprint density at radius 2 is 2.08 bits per heavy atom. The molecule has 5 heteroatoms. The van der Waals surface area contributed by atoms with Gasteiger partial charge < -0.3 is 5.32 Å². The smallest absolute Gasteiger partial charge is 0.183 e. The van der Waals surface area contributed by atoms with Gasteiger partial charge in [-0.1, -0.05) is 0 Å². The molecule has 0 bridgehead atoms. The van der Waals surface area contributed by atoms with Crippen LogP contribution in [0.3, 0.4) is 0 Å². The van der Waals surface area contributed by atoms with Crippen LogP contribution in [0.5, 0.6) is 0 Å². The summed E-state index contributed by atoms with van der Waals surface area (Å²) in [4.78, 5) is 7.59. The molecule has 1 aromatic rings. The lowest BCUT2D eigenvalue weighted by molar-refractivity contribution is 1.13. The first-order valence-corrected chi connectivity index (χ1v) is 3.20. The summed E-state index contributed by atoms with van der Waals surface area (Å²) >= 11 is 0. The van der Waals surface area contributed by atoms with Gasteiger partial charge in [0.2, 0.25) is 0 Å². The predicted octanol–water partition coefficient (Wildman–Crippen LogP) is 0.284. The minimum Gasteiger partial charge on any atom is -0.355 e. The van der Waals surface area contributed by atoms with Crippen LogP contribution < -0.4 is 5.32 Å². The number of nitrogens with one attached hydrogen (secondary N) is 1. The van der Waals surface area contributed by atoms with Gasteiger partial charge in [-0.15, -0.1) is 0 Å². The van der Waals surface area contributed by atoms with E-state index in [2.05, 4.69) is 15.3 Å². The molecule has 1 heterocycles. The fourth-order valence-electron chi connectivity index (χ4n) is 0.672. The van der Waals surface area contributed by atoms with Crippen LogP contribution in [-0.2, 0) is 0 Å². The lowest BCUT2D eigenvalue weighted by atomic mass is 10.4. The van der Waals surface area contributed by atoms with Crippen molar-refractivity contribution in [3.63, 3.8) is 0 Å². The molecule has 0 aliphatic heterocycles. The zero-order valence-corrected chi connectivity index (χ0v) is 6.15. The Labute approximate surface area is 69.3 Å². The van der Waals surface area contributed by atoms with E-state index in [9.17, 15) is 0 Å². The third kappa shape index (κ3) is 1.68. The van der Waals surface area contributed by atoms with E-state index in [1.54, 1.807) is 0 Å². The van der Waals surface area contributed by atoms with E-state index in [1.807, 2.05) is 12.1 Å². The van der Waals surface area contributed by atoms with Crippen molar-refractivity contribution >= 4 is 5.82 Å². The molecule has 0 saturated carbocycles. The maximum absolute atomic E-state index is 8.54. The summed E-state index contributed by atoms with van der Waals surface area (Å²) in [6.45, 7) is 0.118. The van der Waals surface area contributed by atoms with Crippen LogP contribution in [-0.4, -0.2) is 16.5 Å². The molecule has 0 radical (unpaired) electrons. The van der Waals surface area contributed by atoms with E-state index >= 15 is 0 Å². The third-order valence-electron chi connectivity index (χ3n) is 1.14. The summed E-state index contributed by atoms with van der Waals surface area (Å²) in [6.07, 6.45) is 2.89. The average Bonchev–Trinajstić information content (AvgIpc) is 2.15. The second kappa shape index (κ2) is 3.89. The van der Waals surface area contributed by atoms with Gasteiger partial charge in [-0.3, -0.25) is 0 Å². The summed E-state index contributed by atoms with van der Waals surface area (Å²) in [5.74, 6) is 0.349. The molecule has 0 aromatic carbocycles. The number of nitriles is 2. The van der Waals surface area contributed by atoms with Gasteiger partial charge >= 0.3 is 0 Å². The number of nitrogens with zero attached hydrogens (tertiary/aromatic N) is 4. The Kier molecular flexibility index (Phi) is 2.58. The zero-order chi connectivity index (χ0) is 8.81. The Morgan fingerprint density at radius 3 is 2.75 bits per heavy atom. The molecule has 0 fully saturated rings. The highest BCUT2D eigenvalue weighted by atomic mass is 15.0. The molecule has 0 spiro atoms. The van der Waals surface area contributed by atoms with Gasteiger partial charge in [0.05, 0.1) is 6.07 Å². The quantitative estimate of drug-likeness (QED) is 0.626. The highest BCUT2D eigenvalue weighted by molar-refractivity contribution is 5.47. The van der Waals surface area contributed by atoms with Gasteiger partial charge in [-0.05, 0) is 0 Å². The number of anilines is 1. The van der Waals surface area contributed by atoms with Crippen molar-refractivity contribution in [2.45, 2.75) is 0 Å². The minimum absolute atomic E-state index is 0.118. The van der Waals surface area contributed by atoms with Crippen molar-refractivity contribution < 1.29 is 0 Å². The Morgan fingerprint density at radius 1 is 1.33 bits per heavy atom. The van der Waals surface area contributed by atoms with Gasteiger partial charge in [0.25, 0.3) is 0 Å². The molecule has 1 N–H and O–H groups in total. The number of aromatic nitrogens is 2. The van der Waals surface area contributed by atoms with Crippen molar-refractivity contribution in [1.29, 1.82) is 10.5 Å².